The number of halogens is 2. The van der Waals surface area contributed by atoms with Crippen molar-refractivity contribution in [2.24, 2.45) is 0 Å². The topological polar surface area (TPSA) is 93.9 Å². The van der Waals surface area contributed by atoms with Crippen LogP contribution in [0.15, 0.2) is 42.7 Å². The lowest BCUT2D eigenvalue weighted by molar-refractivity contribution is -0.193. The van der Waals surface area contributed by atoms with E-state index in [0.717, 1.165) is 4.90 Å². The molecular weight excluding hydrogens is 436 g/mol. The van der Waals surface area contributed by atoms with E-state index in [9.17, 15) is 23.5 Å². The first-order chi connectivity index (χ1) is 15.4. The van der Waals surface area contributed by atoms with Gasteiger partial charge in [0.15, 0.2) is 5.75 Å². The summed E-state index contributed by atoms with van der Waals surface area (Å²) in [5, 5.41) is 9.98. The van der Waals surface area contributed by atoms with Crippen molar-refractivity contribution in [3.05, 3.63) is 53.9 Å². The number of carbonyl (C=O) groups is 2. The molecule has 8 nitrogen and oxygen atoms in total. The maximum Gasteiger partial charge on any atom is 0.483 e. The Morgan fingerprint density at radius 1 is 1.24 bits per heavy atom. The number of amides is 1. The fourth-order valence-corrected chi connectivity index (χ4v) is 3.64. The molecule has 1 atom stereocenters. The van der Waals surface area contributed by atoms with Crippen molar-refractivity contribution in [3.8, 4) is 5.75 Å². The van der Waals surface area contributed by atoms with E-state index in [1.165, 1.54) is 30.0 Å². The van der Waals surface area contributed by atoms with Crippen molar-refractivity contribution in [2.75, 3.05) is 4.90 Å². The molecule has 4 rings (SSSR count). The highest BCUT2D eigenvalue weighted by molar-refractivity contribution is 6.01. The van der Waals surface area contributed by atoms with Gasteiger partial charge < -0.3 is 14.6 Å². The first-order valence-corrected chi connectivity index (χ1v) is 10.3. The van der Waals surface area contributed by atoms with Crippen LogP contribution in [0.5, 0.6) is 5.75 Å². The lowest BCUT2D eigenvalue weighted by atomic mass is 10.0. The molecule has 1 amide bonds. The van der Waals surface area contributed by atoms with Crippen LogP contribution in [0.1, 0.15) is 44.9 Å². The molecule has 3 aromatic rings. The summed E-state index contributed by atoms with van der Waals surface area (Å²) in [5.41, 5.74) is 0.730. The summed E-state index contributed by atoms with van der Waals surface area (Å²) in [4.78, 5) is 30.3. The number of aliphatic hydroxyl groups is 1. The van der Waals surface area contributed by atoms with Crippen LogP contribution >= 0.6 is 0 Å². The zero-order valence-electron chi connectivity index (χ0n) is 18.5. The second-order valence-electron chi connectivity index (χ2n) is 8.76. The van der Waals surface area contributed by atoms with Gasteiger partial charge in [-0.2, -0.15) is 8.78 Å². The van der Waals surface area contributed by atoms with E-state index in [1.54, 1.807) is 45.0 Å². The molecule has 2 aromatic carbocycles. The van der Waals surface area contributed by atoms with Crippen LogP contribution < -0.4 is 9.64 Å². The SMILES string of the molecule is C[C@H](O)c1cccc2c1OC(F)(F)C(=O)N2Cc1cccc2c1ncn2C(=O)OC(C)(C)C. The number of rotatable bonds is 3. The molecule has 1 aliphatic heterocycles. The third-order valence-corrected chi connectivity index (χ3v) is 5.07. The Bertz CT molecular complexity index is 1250. The number of carbonyl (C=O) groups excluding carboxylic acids is 2. The highest BCUT2D eigenvalue weighted by Crippen LogP contribution is 2.44. The summed E-state index contributed by atoms with van der Waals surface area (Å²) >= 11 is 0. The highest BCUT2D eigenvalue weighted by Gasteiger charge is 2.51. The molecule has 174 valence electrons. The van der Waals surface area contributed by atoms with Crippen molar-refractivity contribution in [3.63, 3.8) is 0 Å². The van der Waals surface area contributed by atoms with Gasteiger partial charge in [0.25, 0.3) is 0 Å². The van der Waals surface area contributed by atoms with E-state index in [0.29, 0.717) is 16.6 Å². The van der Waals surface area contributed by atoms with E-state index in [2.05, 4.69) is 4.98 Å². The molecule has 1 aliphatic rings. The number of alkyl halides is 2. The fourth-order valence-electron chi connectivity index (χ4n) is 3.64. The summed E-state index contributed by atoms with van der Waals surface area (Å²) in [6.07, 6.45) is -4.54. The van der Waals surface area contributed by atoms with E-state index < -0.39 is 29.8 Å². The number of aromatic nitrogens is 2. The van der Waals surface area contributed by atoms with E-state index >= 15 is 0 Å². The summed E-state index contributed by atoms with van der Waals surface area (Å²) in [7, 11) is 0. The molecule has 0 aliphatic carbocycles. The highest BCUT2D eigenvalue weighted by atomic mass is 19.3. The molecule has 1 aromatic heterocycles. The Morgan fingerprint density at radius 2 is 1.94 bits per heavy atom. The third kappa shape index (κ3) is 4.13. The zero-order chi connectivity index (χ0) is 24.1. The standard InChI is InChI=1S/C23H23F2N3O5/c1-13(29)15-8-6-10-17-19(15)32-23(24,25)20(30)27(17)11-14-7-5-9-16-18(14)26-12-28(16)21(31)33-22(2,3)4/h5-10,12-13,29H,11H2,1-4H3/t13-/m0/s1. The molecule has 0 unspecified atom stereocenters. The maximum absolute atomic E-state index is 14.5. The third-order valence-electron chi connectivity index (χ3n) is 5.07. The van der Waals surface area contributed by atoms with Gasteiger partial charge in [-0.25, -0.2) is 14.3 Å². The van der Waals surface area contributed by atoms with Crippen molar-refractivity contribution in [1.29, 1.82) is 0 Å². The molecule has 0 saturated carbocycles. The van der Waals surface area contributed by atoms with Crippen molar-refractivity contribution >= 4 is 28.7 Å². The zero-order valence-corrected chi connectivity index (χ0v) is 18.5. The van der Waals surface area contributed by atoms with Crippen LogP contribution in [-0.4, -0.2) is 38.4 Å². The molecular formula is C23H23F2N3O5. The average molecular weight is 459 g/mol. The van der Waals surface area contributed by atoms with Crippen LogP contribution in [-0.2, 0) is 16.1 Å². The minimum atomic E-state index is -4.11. The molecule has 0 radical (unpaired) electrons. The quantitative estimate of drug-likeness (QED) is 0.624. The number of benzene rings is 2. The van der Waals surface area contributed by atoms with Gasteiger partial charge in [-0.15, -0.1) is 0 Å². The number of fused-ring (bicyclic) bond motifs is 2. The Balaban J connectivity index is 1.77. The normalized spacial score (nSPS) is 16.3. The summed E-state index contributed by atoms with van der Waals surface area (Å²) in [6.45, 7) is 6.37. The smallest absolute Gasteiger partial charge is 0.443 e. The maximum atomic E-state index is 14.5. The molecule has 2 heterocycles. The summed E-state index contributed by atoms with van der Waals surface area (Å²) in [6, 6.07) is 9.38. The van der Waals surface area contributed by atoms with Gasteiger partial charge in [-0.3, -0.25) is 9.69 Å². The molecule has 10 heteroatoms. The van der Waals surface area contributed by atoms with Crippen LogP contribution in [0.3, 0.4) is 0 Å². The minimum absolute atomic E-state index is 0.105. The van der Waals surface area contributed by atoms with Gasteiger partial charge in [0.1, 0.15) is 11.9 Å². The van der Waals surface area contributed by atoms with E-state index in [4.69, 9.17) is 9.47 Å². The predicted octanol–water partition coefficient (Wildman–Crippen LogP) is 4.39. The number of para-hydroxylation sites is 2. The van der Waals surface area contributed by atoms with Crippen LogP contribution in [0.25, 0.3) is 11.0 Å². The van der Waals surface area contributed by atoms with Crippen LogP contribution in [0, 0.1) is 0 Å². The molecule has 0 bridgehead atoms. The van der Waals surface area contributed by atoms with Crippen LogP contribution in [0.4, 0.5) is 19.3 Å². The first-order valence-electron chi connectivity index (χ1n) is 10.3. The van der Waals surface area contributed by atoms with Gasteiger partial charge in [0.2, 0.25) is 0 Å². The van der Waals surface area contributed by atoms with Crippen molar-refractivity contribution in [2.45, 2.75) is 52.1 Å². The molecule has 33 heavy (non-hydrogen) atoms. The Labute approximate surface area is 188 Å². The molecule has 1 N–H and O–H groups in total. The Hall–Kier alpha value is -3.53. The van der Waals surface area contributed by atoms with Crippen LogP contribution in [0.2, 0.25) is 0 Å². The van der Waals surface area contributed by atoms with Gasteiger partial charge >= 0.3 is 18.1 Å². The lowest BCUT2D eigenvalue weighted by Gasteiger charge is -2.35. The fraction of sp³-hybridized carbons (Fsp3) is 0.348. The molecule has 0 saturated heterocycles. The van der Waals surface area contributed by atoms with E-state index in [1.807, 2.05) is 0 Å². The first kappa shape index (κ1) is 22.7. The van der Waals surface area contributed by atoms with Gasteiger partial charge in [-0.05, 0) is 45.4 Å². The van der Waals surface area contributed by atoms with Gasteiger partial charge in [0.05, 0.1) is 29.4 Å². The van der Waals surface area contributed by atoms with Crippen molar-refractivity contribution < 1.29 is 33.0 Å². The second kappa shape index (κ2) is 7.80. The van der Waals surface area contributed by atoms with Gasteiger partial charge in [0, 0.05) is 5.56 Å². The monoisotopic (exact) mass is 459 g/mol. The minimum Gasteiger partial charge on any atom is -0.443 e. The predicted molar refractivity (Wildman–Crippen MR) is 115 cm³/mol. The van der Waals surface area contributed by atoms with E-state index in [-0.39, 0.29) is 23.5 Å². The summed E-state index contributed by atoms with van der Waals surface area (Å²) in [5.74, 6) is -1.80. The lowest BCUT2D eigenvalue weighted by Crippen LogP contribution is -2.50. The average Bonchev–Trinajstić information content (AvgIpc) is 3.14. The number of imidazole rings is 1. The number of nitrogens with zero attached hydrogens (tertiary/aromatic N) is 3. The van der Waals surface area contributed by atoms with Gasteiger partial charge in [-0.1, -0.05) is 24.3 Å². The van der Waals surface area contributed by atoms with Crippen molar-refractivity contribution in [1.82, 2.24) is 9.55 Å². The molecule has 0 fully saturated rings. The number of hydrogen-bond donors (Lipinski definition) is 1. The number of aliphatic hydroxyl groups excluding tert-OH is 1. The number of ether oxygens (including phenoxy) is 2. The largest absolute Gasteiger partial charge is 0.483 e. The second-order valence-corrected chi connectivity index (χ2v) is 8.76. The Kier molecular flexibility index (Phi) is 5.36. The summed E-state index contributed by atoms with van der Waals surface area (Å²) < 4.78 is 40.3. The number of hydrogen-bond acceptors (Lipinski definition) is 6. The Morgan fingerprint density at radius 3 is 2.61 bits per heavy atom. The number of anilines is 1. The molecule has 0 spiro atoms.